The molecule has 102 valence electrons. The number of esters is 1. The van der Waals surface area contributed by atoms with Crippen LogP contribution in [0.25, 0.3) is 0 Å². The number of halogens is 5. The highest BCUT2D eigenvalue weighted by atomic mass is 19.4. The number of methoxy groups -OCH3 is 1. The summed E-state index contributed by atoms with van der Waals surface area (Å²) < 4.78 is 67.2. The number of nitrogens with zero attached hydrogens (tertiary/aromatic N) is 2. The fourth-order valence-corrected chi connectivity index (χ4v) is 1.29. The normalized spacial score (nSPS) is 11.3. The van der Waals surface area contributed by atoms with Crippen molar-refractivity contribution in [2.45, 2.75) is 12.6 Å². The van der Waals surface area contributed by atoms with Gasteiger partial charge in [0.1, 0.15) is 5.69 Å². The number of nitriles is 1. The first-order valence-corrected chi connectivity index (χ1v) is 4.61. The van der Waals surface area contributed by atoms with Crippen LogP contribution in [0.1, 0.15) is 33.7 Å². The Morgan fingerprint density at radius 1 is 1.47 bits per heavy atom. The van der Waals surface area contributed by atoms with E-state index >= 15 is 0 Å². The molecule has 1 aromatic rings. The summed E-state index contributed by atoms with van der Waals surface area (Å²) in [4.78, 5) is 13.9. The van der Waals surface area contributed by atoms with Crippen LogP contribution in [0.2, 0.25) is 0 Å². The van der Waals surface area contributed by atoms with E-state index < -0.39 is 41.1 Å². The van der Waals surface area contributed by atoms with Gasteiger partial charge in [0, 0.05) is 0 Å². The first kappa shape index (κ1) is 14.8. The van der Waals surface area contributed by atoms with Crippen LogP contribution in [0.15, 0.2) is 6.07 Å². The van der Waals surface area contributed by atoms with Crippen LogP contribution in [0.4, 0.5) is 22.0 Å². The van der Waals surface area contributed by atoms with Crippen molar-refractivity contribution in [3.63, 3.8) is 0 Å². The van der Waals surface area contributed by atoms with Gasteiger partial charge in [0.15, 0.2) is 5.69 Å². The van der Waals surface area contributed by atoms with Gasteiger partial charge >= 0.3 is 12.1 Å². The van der Waals surface area contributed by atoms with Crippen molar-refractivity contribution < 1.29 is 31.5 Å². The molecule has 0 radical (unpaired) electrons. The van der Waals surface area contributed by atoms with E-state index in [0.717, 1.165) is 7.11 Å². The van der Waals surface area contributed by atoms with Gasteiger partial charge in [0.05, 0.1) is 24.3 Å². The first-order chi connectivity index (χ1) is 8.72. The fourth-order valence-electron chi connectivity index (χ4n) is 1.29. The summed E-state index contributed by atoms with van der Waals surface area (Å²) in [6.07, 6.45) is -8.77. The van der Waals surface area contributed by atoms with E-state index in [9.17, 15) is 26.7 Å². The Kier molecular flexibility index (Phi) is 4.04. The summed E-state index contributed by atoms with van der Waals surface area (Å²) in [5.74, 6) is -1.26. The maximum atomic E-state index is 12.6. The van der Waals surface area contributed by atoms with Crippen molar-refractivity contribution in [2.75, 3.05) is 7.11 Å². The molecule has 4 nitrogen and oxygen atoms in total. The summed E-state index contributed by atoms with van der Waals surface area (Å²) in [7, 11) is 0.879. The minimum atomic E-state index is -5.22. The van der Waals surface area contributed by atoms with Crippen molar-refractivity contribution in [3.05, 3.63) is 28.6 Å². The highest BCUT2D eigenvalue weighted by Crippen LogP contribution is 2.37. The third-order valence-corrected chi connectivity index (χ3v) is 2.06. The molecule has 0 amide bonds. The predicted octanol–water partition coefficient (Wildman–Crippen LogP) is 2.70. The number of pyridine rings is 1. The highest BCUT2D eigenvalue weighted by molar-refractivity contribution is 5.87. The Labute approximate surface area is 103 Å². The summed E-state index contributed by atoms with van der Waals surface area (Å²) in [5.41, 5.74) is -5.36. The Bertz CT molecular complexity index is 548. The number of hydrogen-bond acceptors (Lipinski definition) is 4. The lowest BCUT2D eigenvalue weighted by Gasteiger charge is -2.13. The summed E-state index contributed by atoms with van der Waals surface area (Å²) in [6.45, 7) is 0. The lowest BCUT2D eigenvalue weighted by Crippen LogP contribution is -2.18. The summed E-state index contributed by atoms with van der Waals surface area (Å²) in [5, 5.41) is 8.61. The molecular formula is C10H5F5N2O2. The summed E-state index contributed by atoms with van der Waals surface area (Å²) >= 11 is 0. The molecule has 1 aromatic heterocycles. The highest BCUT2D eigenvalue weighted by Gasteiger charge is 2.40. The third-order valence-electron chi connectivity index (χ3n) is 2.06. The van der Waals surface area contributed by atoms with Gasteiger partial charge in [0.25, 0.3) is 6.43 Å². The second kappa shape index (κ2) is 5.17. The van der Waals surface area contributed by atoms with Crippen LogP contribution in [0, 0.1) is 11.3 Å². The third kappa shape index (κ3) is 2.96. The van der Waals surface area contributed by atoms with E-state index in [-0.39, 0.29) is 0 Å². The minimum absolute atomic E-state index is 0.530. The van der Waals surface area contributed by atoms with Gasteiger partial charge in [0.2, 0.25) is 0 Å². The Hall–Kier alpha value is -2.24. The van der Waals surface area contributed by atoms with Gasteiger partial charge in [-0.2, -0.15) is 18.4 Å². The molecule has 19 heavy (non-hydrogen) atoms. The van der Waals surface area contributed by atoms with E-state index in [0.29, 0.717) is 6.07 Å². The zero-order valence-corrected chi connectivity index (χ0v) is 9.26. The van der Waals surface area contributed by atoms with Gasteiger partial charge < -0.3 is 4.74 Å². The largest absolute Gasteiger partial charge is 0.464 e. The maximum Gasteiger partial charge on any atom is 0.433 e. The quantitative estimate of drug-likeness (QED) is 0.617. The summed E-state index contributed by atoms with van der Waals surface area (Å²) in [6, 6.07) is 1.71. The Morgan fingerprint density at radius 2 is 2.05 bits per heavy atom. The van der Waals surface area contributed by atoms with Gasteiger partial charge in [-0.25, -0.2) is 18.6 Å². The van der Waals surface area contributed by atoms with E-state index in [2.05, 4.69) is 9.72 Å². The van der Waals surface area contributed by atoms with Crippen LogP contribution >= 0.6 is 0 Å². The standard InChI is InChI=1S/C10H5F5N2O2/c1-19-9(18)5-2-4(3-16)6(8(11)12)7(17-5)10(13,14)15/h2,8H,1H3. The molecule has 0 aliphatic heterocycles. The van der Waals surface area contributed by atoms with Crippen LogP contribution in [-0.2, 0) is 10.9 Å². The molecule has 0 saturated carbocycles. The van der Waals surface area contributed by atoms with Gasteiger partial charge in [-0.3, -0.25) is 0 Å². The lowest BCUT2D eigenvalue weighted by molar-refractivity contribution is -0.143. The molecule has 0 spiro atoms. The van der Waals surface area contributed by atoms with Crippen molar-refractivity contribution in [2.24, 2.45) is 0 Å². The molecule has 1 heterocycles. The average molecular weight is 280 g/mol. The average Bonchev–Trinajstić information content (AvgIpc) is 2.34. The van der Waals surface area contributed by atoms with Crippen molar-refractivity contribution in [1.82, 2.24) is 4.98 Å². The Balaban J connectivity index is 3.66. The molecule has 0 saturated heterocycles. The van der Waals surface area contributed by atoms with Gasteiger partial charge in [-0.05, 0) is 6.07 Å². The van der Waals surface area contributed by atoms with Crippen molar-refractivity contribution in [1.29, 1.82) is 5.26 Å². The molecular weight excluding hydrogens is 275 g/mol. The van der Waals surface area contributed by atoms with Gasteiger partial charge in [-0.15, -0.1) is 0 Å². The Morgan fingerprint density at radius 3 is 2.42 bits per heavy atom. The molecule has 0 bridgehead atoms. The number of rotatable bonds is 2. The van der Waals surface area contributed by atoms with Crippen LogP contribution < -0.4 is 0 Å². The SMILES string of the molecule is COC(=O)c1cc(C#N)c(C(F)F)c(C(F)(F)F)n1. The first-order valence-electron chi connectivity index (χ1n) is 4.61. The van der Waals surface area contributed by atoms with Crippen LogP contribution in [0.5, 0.6) is 0 Å². The van der Waals surface area contributed by atoms with E-state index in [4.69, 9.17) is 5.26 Å². The molecule has 0 N–H and O–H groups in total. The molecule has 0 aromatic carbocycles. The molecule has 0 fully saturated rings. The van der Waals surface area contributed by atoms with Crippen molar-refractivity contribution >= 4 is 5.97 Å². The molecule has 1 rings (SSSR count). The fraction of sp³-hybridized carbons (Fsp3) is 0.300. The smallest absolute Gasteiger partial charge is 0.433 e. The number of ether oxygens (including phenoxy) is 1. The second-order valence-electron chi connectivity index (χ2n) is 3.22. The monoisotopic (exact) mass is 280 g/mol. The minimum Gasteiger partial charge on any atom is -0.464 e. The number of alkyl halides is 5. The molecule has 9 heteroatoms. The molecule has 0 aliphatic rings. The van der Waals surface area contributed by atoms with E-state index in [1.54, 1.807) is 0 Å². The number of carbonyl (C=O) groups excluding carboxylic acids is 1. The van der Waals surface area contributed by atoms with E-state index in [1.807, 2.05) is 0 Å². The van der Waals surface area contributed by atoms with Gasteiger partial charge in [-0.1, -0.05) is 0 Å². The number of aromatic nitrogens is 1. The maximum absolute atomic E-state index is 12.6. The zero-order chi connectivity index (χ0) is 14.8. The van der Waals surface area contributed by atoms with Crippen LogP contribution in [-0.4, -0.2) is 18.1 Å². The predicted molar refractivity (Wildman–Crippen MR) is 50.3 cm³/mol. The number of carbonyl (C=O) groups is 1. The topological polar surface area (TPSA) is 63.0 Å². The molecule has 0 unspecified atom stereocenters. The van der Waals surface area contributed by atoms with E-state index in [1.165, 1.54) is 6.07 Å². The molecule has 0 atom stereocenters. The number of hydrogen-bond donors (Lipinski definition) is 0. The lowest BCUT2D eigenvalue weighted by atomic mass is 10.1. The second-order valence-corrected chi connectivity index (χ2v) is 3.22. The zero-order valence-electron chi connectivity index (χ0n) is 9.26. The van der Waals surface area contributed by atoms with Crippen LogP contribution in [0.3, 0.4) is 0 Å². The molecule has 0 aliphatic carbocycles. The van der Waals surface area contributed by atoms with Crippen molar-refractivity contribution in [3.8, 4) is 6.07 Å².